The van der Waals surface area contributed by atoms with E-state index in [0.29, 0.717) is 12.5 Å². The highest BCUT2D eigenvalue weighted by atomic mass is 19.1. The Kier molecular flexibility index (Phi) is 4.47. The van der Waals surface area contributed by atoms with Crippen LogP contribution in [-0.2, 0) is 4.74 Å². The fourth-order valence-electron chi connectivity index (χ4n) is 1.26. The Morgan fingerprint density at radius 2 is 2.45 bits per heavy atom. The van der Waals surface area contributed by atoms with Gasteiger partial charge in [-0.2, -0.15) is 0 Å². The van der Waals surface area contributed by atoms with Crippen molar-refractivity contribution in [1.29, 1.82) is 0 Å². The summed E-state index contributed by atoms with van der Waals surface area (Å²) in [6, 6.07) is 0. The molecular formula is C8H16FNO. The highest BCUT2D eigenvalue weighted by Crippen LogP contribution is 2.10. The lowest BCUT2D eigenvalue weighted by atomic mass is 10.2. The van der Waals surface area contributed by atoms with Crippen molar-refractivity contribution in [2.45, 2.75) is 25.4 Å². The van der Waals surface area contributed by atoms with Gasteiger partial charge in [0, 0.05) is 13.2 Å². The number of halogens is 1. The van der Waals surface area contributed by atoms with E-state index in [2.05, 4.69) is 5.32 Å². The minimum Gasteiger partial charge on any atom is -0.377 e. The second kappa shape index (κ2) is 5.49. The quantitative estimate of drug-likeness (QED) is 0.610. The van der Waals surface area contributed by atoms with Crippen LogP contribution in [0.5, 0.6) is 0 Å². The van der Waals surface area contributed by atoms with Gasteiger partial charge in [-0.3, -0.25) is 4.39 Å². The van der Waals surface area contributed by atoms with Crippen LogP contribution >= 0.6 is 0 Å². The van der Waals surface area contributed by atoms with Crippen LogP contribution in [0.3, 0.4) is 0 Å². The minimum absolute atomic E-state index is 0.224. The van der Waals surface area contributed by atoms with Gasteiger partial charge in [-0.25, -0.2) is 0 Å². The number of rotatable bonds is 5. The molecule has 0 aromatic carbocycles. The van der Waals surface area contributed by atoms with Crippen molar-refractivity contribution >= 4 is 0 Å². The first-order chi connectivity index (χ1) is 5.43. The van der Waals surface area contributed by atoms with Gasteiger partial charge >= 0.3 is 0 Å². The van der Waals surface area contributed by atoms with Crippen molar-refractivity contribution in [3.05, 3.63) is 0 Å². The van der Waals surface area contributed by atoms with Crippen LogP contribution in [0.1, 0.15) is 19.3 Å². The topological polar surface area (TPSA) is 21.3 Å². The number of nitrogens with one attached hydrogen (secondary N) is 1. The Hall–Kier alpha value is -0.150. The molecule has 1 rings (SSSR count). The van der Waals surface area contributed by atoms with E-state index < -0.39 is 0 Å². The molecule has 3 heteroatoms. The summed E-state index contributed by atoms with van der Waals surface area (Å²) in [4.78, 5) is 0. The molecule has 2 nitrogen and oxygen atoms in total. The molecule has 1 heterocycles. The van der Waals surface area contributed by atoms with Gasteiger partial charge in [-0.1, -0.05) is 0 Å². The summed E-state index contributed by atoms with van der Waals surface area (Å²) in [5, 5.41) is 3.16. The van der Waals surface area contributed by atoms with E-state index in [1.165, 1.54) is 6.42 Å². The van der Waals surface area contributed by atoms with Crippen LogP contribution < -0.4 is 5.32 Å². The SMILES string of the molecule is FCCCNCC1CCCO1. The minimum atomic E-state index is -0.224. The predicted octanol–water partition coefficient (Wildman–Crippen LogP) is 1.11. The molecule has 1 aliphatic heterocycles. The molecule has 1 aliphatic rings. The van der Waals surface area contributed by atoms with Crippen LogP contribution in [-0.4, -0.2) is 32.5 Å². The van der Waals surface area contributed by atoms with Crippen LogP contribution in [0.25, 0.3) is 0 Å². The maximum absolute atomic E-state index is 11.6. The molecule has 0 aromatic heterocycles. The Bertz CT molecular complexity index is 94.1. The molecule has 0 saturated carbocycles. The molecule has 0 aromatic rings. The molecule has 0 radical (unpaired) electrons. The summed E-state index contributed by atoms with van der Waals surface area (Å²) in [6.07, 6.45) is 3.33. The maximum atomic E-state index is 11.6. The molecule has 1 N–H and O–H groups in total. The predicted molar refractivity (Wildman–Crippen MR) is 42.4 cm³/mol. The van der Waals surface area contributed by atoms with Crippen LogP contribution in [0, 0.1) is 0 Å². The largest absolute Gasteiger partial charge is 0.377 e. The summed E-state index contributed by atoms with van der Waals surface area (Å²) < 4.78 is 17.0. The van der Waals surface area contributed by atoms with Crippen LogP contribution in [0.2, 0.25) is 0 Å². The van der Waals surface area contributed by atoms with E-state index in [0.717, 1.165) is 26.1 Å². The third kappa shape index (κ3) is 3.68. The van der Waals surface area contributed by atoms with Crippen molar-refractivity contribution in [3.8, 4) is 0 Å². The maximum Gasteiger partial charge on any atom is 0.0906 e. The number of alkyl halides is 1. The van der Waals surface area contributed by atoms with Crippen molar-refractivity contribution in [2.75, 3.05) is 26.4 Å². The molecule has 11 heavy (non-hydrogen) atoms. The van der Waals surface area contributed by atoms with Gasteiger partial charge in [0.25, 0.3) is 0 Å². The van der Waals surface area contributed by atoms with Crippen molar-refractivity contribution < 1.29 is 9.13 Å². The number of hydrogen-bond donors (Lipinski definition) is 1. The van der Waals surface area contributed by atoms with E-state index in [1.807, 2.05) is 0 Å². The van der Waals surface area contributed by atoms with Gasteiger partial charge in [0.05, 0.1) is 12.8 Å². The summed E-state index contributed by atoms with van der Waals surface area (Å²) in [5.74, 6) is 0. The molecular weight excluding hydrogens is 145 g/mol. The molecule has 1 atom stereocenters. The Labute approximate surface area is 67.1 Å². The first-order valence-corrected chi connectivity index (χ1v) is 4.32. The number of hydrogen-bond acceptors (Lipinski definition) is 2. The fourth-order valence-corrected chi connectivity index (χ4v) is 1.26. The summed E-state index contributed by atoms with van der Waals surface area (Å²) in [6.45, 7) is 2.34. The molecule has 0 amide bonds. The lowest BCUT2D eigenvalue weighted by Crippen LogP contribution is -2.27. The van der Waals surface area contributed by atoms with Gasteiger partial charge in [0.2, 0.25) is 0 Å². The van der Waals surface area contributed by atoms with Crippen LogP contribution in [0.15, 0.2) is 0 Å². The molecule has 1 saturated heterocycles. The van der Waals surface area contributed by atoms with Gasteiger partial charge in [0.15, 0.2) is 0 Å². The zero-order valence-corrected chi connectivity index (χ0v) is 6.81. The average Bonchev–Trinajstić information content (AvgIpc) is 2.50. The van der Waals surface area contributed by atoms with Gasteiger partial charge < -0.3 is 10.1 Å². The third-order valence-electron chi connectivity index (χ3n) is 1.88. The summed E-state index contributed by atoms with van der Waals surface area (Å²) >= 11 is 0. The van der Waals surface area contributed by atoms with Crippen molar-refractivity contribution in [3.63, 3.8) is 0 Å². The normalized spacial score (nSPS) is 24.3. The molecule has 1 fully saturated rings. The van der Waals surface area contributed by atoms with Gasteiger partial charge in [0.1, 0.15) is 0 Å². The Morgan fingerprint density at radius 1 is 1.55 bits per heavy atom. The zero-order valence-electron chi connectivity index (χ0n) is 6.81. The first-order valence-electron chi connectivity index (χ1n) is 4.32. The standard InChI is InChI=1S/C8H16FNO/c9-4-2-5-10-7-8-3-1-6-11-8/h8,10H,1-7H2. The smallest absolute Gasteiger partial charge is 0.0906 e. The highest BCUT2D eigenvalue weighted by Gasteiger charge is 2.13. The molecule has 0 bridgehead atoms. The Morgan fingerprint density at radius 3 is 3.09 bits per heavy atom. The third-order valence-corrected chi connectivity index (χ3v) is 1.88. The van der Waals surface area contributed by atoms with Crippen molar-refractivity contribution in [2.24, 2.45) is 0 Å². The highest BCUT2D eigenvalue weighted by molar-refractivity contribution is 4.66. The zero-order chi connectivity index (χ0) is 7.94. The van der Waals surface area contributed by atoms with E-state index in [4.69, 9.17) is 4.74 Å². The number of ether oxygens (including phenoxy) is 1. The average molecular weight is 161 g/mol. The van der Waals surface area contributed by atoms with Crippen molar-refractivity contribution in [1.82, 2.24) is 5.32 Å². The van der Waals surface area contributed by atoms with E-state index >= 15 is 0 Å². The summed E-state index contributed by atoms with van der Waals surface area (Å²) in [7, 11) is 0. The monoisotopic (exact) mass is 161 g/mol. The van der Waals surface area contributed by atoms with E-state index in [9.17, 15) is 4.39 Å². The lowest BCUT2D eigenvalue weighted by Gasteiger charge is -2.09. The van der Waals surface area contributed by atoms with Gasteiger partial charge in [-0.05, 0) is 25.8 Å². The van der Waals surface area contributed by atoms with E-state index in [1.54, 1.807) is 0 Å². The second-order valence-corrected chi connectivity index (χ2v) is 2.88. The Balaban J connectivity index is 1.86. The fraction of sp³-hybridized carbons (Fsp3) is 1.00. The van der Waals surface area contributed by atoms with E-state index in [-0.39, 0.29) is 6.67 Å². The molecule has 66 valence electrons. The molecule has 0 spiro atoms. The lowest BCUT2D eigenvalue weighted by molar-refractivity contribution is 0.110. The molecule has 0 aliphatic carbocycles. The first kappa shape index (κ1) is 8.94. The molecule has 1 unspecified atom stereocenters. The second-order valence-electron chi connectivity index (χ2n) is 2.88. The van der Waals surface area contributed by atoms with Crippen LogP contribution in [0.4, 0.5) is 4.39 Å². The summed E-state index contributed by atoms with van der Waals surface area (Å²) in [5.41, 5.74) is 0. The van der Waals surface area contributed by atoms with Gasteiger partial charge in [-0.15, -0.1) is 0 Å².